The maximum absolute atomic E-state index is 14.1. The molecule has 0 N–H and O–H groups in total. The number of amides is 2. The molecule has 132 valence electrons. The van der Waals surface area contributed by atoms with Crippen LogP contribution in [0.2, 0.25) is 0 Å². The van der Waals surface area contributed by atoms with Crippen LogP contribution >= 0.6 is 0 Å². The number of alkyl halides is 2. The summed E-state index contributed by atoms with van der Waals surface area (Å²) in [6, 6.07) is -0.647. The minimum Gasteiger partial charge on any atom is -0.444 e. The zero-order valence-electron chi connectivity index (χ0n) is 14.3. The molecule has 2 saturated heterocycles. The maximum Gasteiger partial charge on any atom is 0.410 e. The second kappa shape index (κ2) is 6.24. The second-order valence-corrected chi connectivity index (χ2v) is 7.76. The molecule has 0 saturated carbocycles. The molecule has 1 unspecified atom stereocenters. The van der Waals surface area contributed by atoms with Crippen molar-refractivity contribution in [3.05, 3.63) is 0 Å². The second-order valence-electron chi connectivity index (χ2n) is 7.76. The molecule has 0 aromatic heterocycles. The fourth-order valence-electron chi connectivity index (χ4n) is 3.13. The Morgan fingerprint density at radius 1 is 1.35 bits per heavy atom. The topological polar surface area (TPSA) is 49.9 Å². The molecule has 2 aliphatic heterocycles. The van der Waals surface area contributed by atoms with Crippen molar-refractivity contribution in [2.75, 3.05) is 19.6 Å². The molecule has 0 aromatic rings. The van der Waals surface area contributed by atoms with Gasteiger partial charge in [0.2, 0.25) is 5.91 Å². The molecule has 2 aliphatic rings. The summed E-state index contributed by atoms with van der Waals surface area (Å²) in [6.07, 6.45) is 0.0426. The first kappa shape index (κ1) is 17.9. The number of hydrogen-bond acceptors (Lipinski definition) is 3. The number of rotatable bonds is 1. The van der Waals surface area contributed by atoms with E-state index in [4.69, 9.17) is 4.74 Å². The summed E-state index contributed by atoms with van der Waals surface area (Å²) in [5, 5.41) is 0. The van der Waals surface area contributed by atoms with E-state index in [1.54, 1.807) is 20.8 Å². The van der Waals surface area contributed by atoms with Gasteiger partial charge in [0, 0.05) is 25.9 Å². The molecule has 2 rings (SSSR count). The van der Waals surface area contributed by atoms with E-state index < -0.39 is 36.6 Å². The summed E-state index contributed by atoms with van der Waals surface area (Å²) in [4.78, 5) is 26.8. The minimum atomic E-state index is -3.01. The van der Waals surface area contributed by atoms with Gasteiger partial charge in [-0.15, -0.1) is 0 Å². The Kier molecular flexibility index (Phi) is 4.87. The first-order valence-corrected chi connectivity index (χ1v) is 8.12. The predicted octanol–water partition coefficient (Wildman–Crippen LogP) is 2.89. The number of hydrogen-bond donors (Lipinski definition) is 0. The first-order chi connectivity index (χ1) is 10.5. The maximum atomic E-state index is 14.1. The molecule has 2 heterocycles. The standard InChI is InChI=1S/C16H26F2N2O3/c1-11-5-6-20(13(21)7-11)12-8-16(17,18)10-19(9-12)14(22)23-15(2,3)4/h11-12H,5-10H2,1-4H3/t11?,12-/m1/s1. The lowest BCUT2D eigenvalue weighted by Crippen LogP contribution is -2.59. The van der Waals surface area contributed by atoms with E-state index in [2.05, 4.69) is 0 Å². The molecular weight excluding hydrogens is 306 g/mol. The molecule has 23 heavy (non-hydrogen) atoms. The summed E-state index contributed by atoms with van der Waals surface area (Å²) in [5.41, 5.74) is -0.740. The van der Waals surface area contributed by atoms with Crippen molar-refractivity contribution in [1.82, 2.24) is 9.80 Å². The zero-order chi connectivity index (χ0) is 17.4. The molecule has 7 heteroatoms. The number of piperidine rings is 2. The van der Waals surface area contributed by atoms with Gasteiger partial charge in [-0.1, -0.05) is 6.92 Å². The van der Waals surface area contributed by atoms with Crippen LogP contribution in [0.5, 0.6) is 0 Å². The molecule has 0 spiro atoms. The van der Waals surface area contributed by atoms with E-state index in [-0.39, 0.29) is 18.4 Å². The Morgan fingerprint density at radius 2 is 2.00 bits per heavy atom. The van der Waals surface area contributed by atoms with Crippen LogP contribution in [0.3, 0.4) is 0 Å². The van der Waals surface area contributed by atoms with E-state index >= 15 is 0 Å². The Bertz CT molecular complexity index is 476. The van der Waals surface area contributed by atoms with Crippen molar-refractivity contribution >= 4 is 12.0 Å². The zero-order valence-corrected chi connectivity index (χ0v) is 14.3. The highest BCUT2D eigenvalue weighted by Gasteiger charge is 2.46. The minimum absolute atomic E-state index is 0.101. The van der Waals surface area contributed by atoms with Gasteiger partial charge in [-0.25, -0.2) is 13.6 Å². The van der Waals surface area contributed by atoms with Gasteiger partial charge in [0.1, 0.15) is 5.60 Å². The van der Waals surface area contributed by atoms with E-state index in [1.807, 2.05) is 6.92 Å². The fourth-order valence-corrected chi connectivity index (χ4v) is 3.13. The number of likely N-dealkylation sites (tertiary alicyclic amines) is 2. The highest BCUT2D eigenvalue weighted by atomic mass is 19.3. The van der Waals surface area contributed by atoms with Crippen LogP contribution in [-0.4, -0.2) is 59.0 Å². The normalized spacial score (nSPS) is 28.7. The summed E-state index contributed by atoms with van der Waals surface area (Å²) < 4.78 is 33.3. The van der Waals surface area contributed by atoms with Gasteiger partial charge in [0.05, 0.1) is 12.6 Å². The number of ether oxygens (including phenoxy) is 1. The Balaban J connectivity index is 2.09. The average Bonchev–Trinajstić information content (AvgIpc) is 2.34. The molecule has 5 nitrogen and oxygen atoms in total. The number of carbonyl (C=O) groups is 2. The van der Waals surface area contributed by atoms with Crippen molar-refractivity contribution in [3.8, 4) is 0 Å². The van der Waals surface area contributed by atoms with Crippen LogP contribution in [0, 0.1) is 5.92 Å². The highest BCUT2D eigenvalue weighted by Crippen LogP contribution is 2.32. The molecule has 0 aromatic carbocycles. The summed E-state index contributed by atoms with van der Waals surface area (Å²) in [5.74, 6) is -2.83. The Morgan fingerprint density at radius 3 is 2.57 bits per heavy atom. The molecule has 2 fully saturated rings. The van der Waals surface area contributed by atoms with Gasteiger partial charge in [-0.3, -0.25) is 4.79 Å². The van der Waals surface area contributed by atoms with Gasteiger partial charge in [-0.05, 0) is 33.1 Å². The highest BCUT2D eigenvalue weighted by molar-refractivity contribution is 5.77. The summed E-state index contributed by atoms with van der Waals surface area (Å²) in [6.45, 7) is 6.99. The monoisotopic (exact) mass is 332 g/mol. The van der Waals surface area contributed by atoms with E-state index in [1.165, 1.54) is 4.90 Å². The smallest absolute Gasteiger partial charge is 0.410 e. The van der Waals surface area contributed by atoms with Crippen LogP contribution in [-0.2, 0) is 9.53 Å². The first-order valence-electron chi connectivity index (χ1n) is 8.12. The molecular formula is C16H26F2N2O3. The van der Waals surface area contributed by atoms with Crippen molar-refractivity contribution in [2.24, 2.45) is 5.92 Å². The Labute approximate surface area is 135 Å². The van der Waals surface area contributed by atoms with E-state index in [9.17, 15) is 18.4 Å². The number of carbonyl (C=O) groups excluding carboxylic acids is 2. The van der Waals surface area contributed by atoms with Gasteiger partial charge in [0.15, 0.2) is 0 Å². The van der Waals surface area contributed by atoms with Gasteiger partial charge in [0.25, 0.3) is 5.92 Å². The van der Waals surface area contributed by atoms with Crippen molar-refractivity contribution in [2.45, 2.75) is 64.5 Å². The SMILES string of the molecule is CC1CCN([C@H]2CN(C(=O)OC(C)(C)C)CC(F)(F)C2)C(=O)C1. The van der Waals surface area contributed by atoms with Gasteiger partial charge < -0.3 is 14.5 Å². The predicted molar refractivity (Wildman–Crippen MR) is 81.3 cm³/mol. The summed E-state index contributed by atoms with van der Waals surface area (Å²) >= 11 is 0. The van der Waals surface area contributed by atoms with Crippen LogP contribution in [0.4, 0.5) is 13.6 Å². The third kappa shape index (κ3) is 4.78. The largest absolute Gasteiger partial charge is 0.444 e. The third-order valence-corrected chi connectivity index (χ3v) is 4.19. The average molecular weight is 332 g/mol. The van der Waals surface area contributed by atoms with Crippen LogP contribution in [0.25, 0.3) is 0 Å². The number of nitrogens with zero attached hydrogens (tertiary/aromatic N) is 2. The number of halogens is 2. The molecule has 2 amide bonds. The molecule has 0 radical (unpaired) electrons. The lowest BCUT2D eigenvalue weighted by Gasteiger charge is -2.44. The Hall–Kier alpha value is -1.40. The molecule has 2 atom stereocenters. The summed E-state index contributed by atoms with van der Waals surface area (Å²) in [7, 11) is 0. The van der Waals surface area contributed by atoms with Crippen LogP contribution in [0.15, 0.2) is 0 Å². The lowest BCUT2D eigenvalue weighted by molar-refractivity contribution is -0.145. The van der Waals surface area contributed by atoms with Crippen molar-refractivity contribution in [3.63, 3.8) is 0 Å². The molecule has 0 bridgehead atoms. The third-order valence-electron chi connectivity index (χ3n) is 4.19. The van der Waals surface area contributed by atoms with Crippen molar-refractivity contribution in [1.29, 1.82) is 0 Å². The van der Waals surface area contributed by atoms with E-state index in [0.717, 1.165) is 11.3 Å². The van der Waals surface area contributed by atoms with Crippen LogP contribution in [0.1, 0.15) is 47.0 Å². The quantitative estimate of drug-likeness (QED) is 0.742. The van der Waals surface area contributed by atoms with Gasteiger partial charge >= 0.3 is 6.09 Å². The van der Waals surface area contributed by atoms with E-state index in [0.29, 0.717) is 13.0 Å². The van der Waals surface area contributed by atoms with Crippen molar-refractivity contribution < 1.29 is 23.1 Å². The fraction of sp³-hybridized carbons (Fsp3) is 0.875. The molecule has 0 aliphatic carbocycles. The van der Waals surface area contributed by atoms with Gasteiger partial charge in [-0.2, -0.15) is 0 Å². The van der Waals surface area contributed by atoms with Crippen LogP contribution < -0.4 is 0 Å². The lowest BCUT2D eigenvalue weighted by atomic mass is 9.94.